The fourth-order valence-electron chi connectivity index (χ4n) is 2.33. The molecule has 0 aromatic rings. The molecule has 2 amide bonds. The number of urea groups is 1. The molecule has 96 valence electrons. The standard InChI is InChI=1S/C12H20N2O3/c1-12(5-2-6-12)14-11(17)13-9(7-10(15)16)8-3-4-8/h8-9H,2-7H2,1H3,(H,15,16)(H2,13,14,17). The van der Waals surface area contributed by atoms with E-state index in [9.17, 15) is 9.59 Å². The van der Waals surface area contributed by atoms with E-state index in [1.165, 1.54) is 0 Å². The van der Waals surface area contributed by atoms with Crippen molar-refractivity contribution in [1.29, 1.82) is 0 Å². The first kappa shape index (κ1) is 12.2. The molecule has 2 fully saturated rings. The van der Waals surface area contributed by atoms with E-state index in [2.05, 4.69) is 10.6 Å². The normalized spacial score (nSPS) is 23.4. The minimum Gasteiger partial charge on any atom is -0.481 e. The number of carbonyl (C=O) groups excluding carboxylic acids is 1. The third kappa shape index (κ3) is 3.35. The molecule has 2 saturated carbocycles. The molecule has 5 nitrogen and oxygen atoms in total. The lowest BCUT2D eigenvalue weighted by molar-refractivity contribution is -0.137. The Labute approximate surface area is 101 Å². The van der Waals surface area contributed by atoms with Crippen molar-refractivity contribution in [1.82, 2.24) is 10.6 Å². The number of rotatable bonds is 5. The fraction of sp³-hybridized carbons (Fsp3) is 0.833. The largest absolute Gasteiger partial charge is 0.481 e. The van der Waals surface area contributed by atoms with E-state index >= 15 is 0 Å². The summed E-state index contributed by atoms with van der Waals surface area (Å²) in [4.78, 5) is 22.5. The molecule has 0 heterocycles. The van der Waals surface area contributed by atoms with Gasteiger partial charge in [0.2, 0.25) is 0 Å². The van der Waals surface area contributed by atoms with Crippen LogP contribution < -0.4 is 10.6 Å². The zero-order chi connectivity index (χ0) is 12.5. The first-order valence-corrected chi connectivity index (χ1v) is 6.29. The minimum absolute atomic E-state index is 0.0226. The number of carboxylic acid groups (broad SMARTS) is 1. The van der Waals surface area contributed by atoms with Crippen LogP contribution in [0.5, 0.6) is 0 Å². The lowest BCUT2D eigenvalue weighted by Crippen LogP contribution is -2.56. The first-order chi connectivity index (χ1) is 7.98. The van der Waals surface area contributed by atoms with Crippen LogP contribution in [0.1, 0.15) is 45.4 Å². The van der Waals surface area contributed by atoms with Crippen LogP contribution >= 0.6 is 0 Å². The maximum Gasteiger partial charge on any atom is 0.315 e. The summed E-state index contributed by atoms with van der Waals surface area (Å²) in [7, 11) is 0. The number of hydrogen-bond donors (Lipinski definition) is 3. The van der Waals surface area contributed by atoms with Gasteiger partial charge in [-0.25, -0.2) is 4.79 Å². The second-order valence-electron chi connectivity index (χ2n) is 5.55. The maximum atomic E-state index is 11.8. The summed E-state index contributed by atoms with van der Waals surface area (Å²) < 4.78 is 0. The van der Waals surface area contributed by atoms with Crippen molar-refractivity contribution in [3.05, 3.63) is 0 Å². The molecule has 2 aliphatic carbocycles. The van der Waals surface area contributed by atoms with Gasteiger partial charge in [-0.2, -0.15) is 0 Å². The van der Waals surface area contributed by atoms with Gasteiger partial charge in [0, 0.05) is 11.6 Å². The minimum atomic E-state index is -0.850. The summed E-state index contributed by atoms with van der Waals surface area (Å²) >= 11 is 0. The highest BCUT2D eigenvalue weighted by atomic mass is 16.4. The summed E-state index contributed by atoms with van der Waals surface area (Å²) in [6, 6.07) is -0.429. The summed E-state index contributed by atoms with van der Waals surface area (Å²) in [6.45, 7) is 2.03. The number of carboxylic acids is 1. The number of hydrogen-bond acceptors (Lipinski definition) is 2. The van der Waals surface area contributed by atoms with Crippen LogP contribution in [0.3, 0.4) is 0 Å². The van der Waals surface area contributed by atoms with E-state index in [1.807, 2.05) is 6.92 Å². The molecule has 0 aromatic carbocycles. The fourth-order valence-corrected chi connectivity index (χ4v) is 2.33. The van der Waals surface area contributed by atoms with Crippen LogP contribution in [-0.4, -0.2) is 28.7 Å². The molecule has 0 saturated heterocycles. The van der Waals surface area contributed by atoms with E-state index in [-0.39, 0.29) is 24.0 Å². The van der Waals surface area contributed by atoms with E-state index in [0.29, 0.717) is 5.92 Å². The van der Waals surface area contributed by atoms with Gasteiger partial charge >= 0.3 is 12.0 Å². The van der Waals surface area contributed by atoms with E-state index < -0.39 is 5.97 Å². The highest BCUT2D eigenvalue weighted by Crippen LogP contribution is 2.34. The predicted molar refractivity (Wildman–Crippen MR) is 62.7 cm³/mol. The lowest BCUT2D eigenvalue weighted by atomic mass is 9.79. The Kier molecular flexibility index (Phi) is 3.26. The van der Waals surface area contributed by atoms with Crippen LogP contribution in [0.15, 0.2) is 0 Å². The third-order valence-electron chi connectivity index (χ3n) is 3.77. The number of aliphatic carboxylic acids is 1. The van der Waals surface area contributed by atoms with E-state index in [0.717, 1.165) is 32.1 Å². The summed E-state index contributed by atoms with van der Waals surface area (Å²) in [5.74, 6) is -0.497. The van der Waals surface area contributed by atoms with Crippen molar-refractivity contribution >= 4 is 12.0 Å². The molecule has 0 spiro atoms. The molecule has 3 N–H and O–H groups in total. The zero-order valence-corrected chi connectivity index (χ0v) is 10.2. The van der Waals surface area contributed by atoms with Crippen molar-refractivity contribution < 1.29 is 14.7 Å². The van der Waals surface area contributed by atoms with Crippen molar-refractivity contribution in [2.45, 2.75) is 57.0 Å². The Morgan fingerprint density at radius 2 is 2.06 bits per heavy atom. The van der Waals surface area contributed by atoms with Crippen LogP contribution in [0.4, 0.5) is 4.79 Å². The quantitative estimate of drug-likeness (QED) is 0.681. The molecule has 0 radical (unpaired) electrons. The highest BCUT2D eigenvalue weighted by molar-refractivity contribution is 5.76. The monoisotopic (exact) mass is 240 g/mol. The second-order valence-corrected chi connectivity index (χ2v) is 5.55. The molecule has 5 heteroatoms. The SMILES string of the molecule is CC1(NC(=O)NC(CC(=O)O)C2CC2)CCC1. The molecule has 0 bridgehead atoms. The Morgan fingerprint density at radius 1 is 1.41 bits per heavy atom. The van der Waals surface area contributed by atoms with Gasteiger partial charge < -0.3 is 15.7 Å². The molecular formula is C12H20N2O3. The Bertz CT molecular complexity index is 322. The van der Waals surface area contributed by atoms with Crippen LogP contribution in [0.25, 0.3) is 0 Å². The van der Waals surface area contributed by atoms with Crippen molar-refractivity contribution in [2.75, 3.05) is 0 Å². The van der Waals surface area contributed by atoms with Gasteiger partial charge in [-0.1, -0.05) is 0 Å². The van der Waals surface area contributed by atoms with E-state index in [1.54, 1.807) is 0 Å². The van der Waals surface area contributed by atoms with Crippen molar-refractivity contribution in [2.24, 2.45) is 5.92 Å². The van der Waals surface area contributed by atoms with Gasteiger partial charge in [0.15, 0.2) is 0 Å². The molecule has 17 heavy (non-hydrogen) atoms. The second kappa shape index (κ2) is 4.55. The van der Waals surface area contributed by atoms with Crippen molar-refractivity contribution in [3.63, 3.8) is 0 Å². The van der Waals surface area contributed by atoms with Gasteiger partial charge in [0.05, 0.1) is 6.42 Å². The first-order valence-electron chi connectivity index (χ1n) is 6.29. The summed E-state index contributed by atoms with van der Waals surface area (Å²) in [5, 5.41) is 14.5. The smallest absolute Gasteiger partial charge is 0.315 e. The van der Waals surface area contributed by atoms with Gasteiger partial charge in [0.1, 0.15) is 0 Å². The topological polar surface area (TPSA) is 78.4 Å². The Hall–Kier alpha value is -1.26. The van der Waals surface area contributed by atoms with Crippen molar-refractivity contribution in [3.8, 4) is 0 Å². The number of carbonyl (C=O) groups is 2. The Morgan fingerprint density at radius 3 is 2.47 bits per heavy atom. The third-order valence-corrected chi connectivity index (χ3v) is 3.77. The number of amides is 2. The maximum absolute atomic E-state index is 11.8. The summed E-state index contributed by atoms with van der Waals surface area (Å²) in [5.41, 5.74) is -0.0819. The molecule has 0 aliphatic heterocycles. The van der Waals surface area contributed by atoms with Crippen LogP contribution in [-0.2, 0) is 4.79 Å². The molecule has 2 rings (SSSR count). The lowest BCUT2D eigenvalue weighted by Gasteiger charge is -2.39. The van der Waals surface area contributed by atoms with Crippen LogP contribution in [0, 0.1) is 5.92 Å². The zero-order valence-electron chi connectivity index (χ0n) is 10.2. The van der Waals surface area contributed by atoms with Gasteiger partial charge in [-0.3, -0.25) is 4.79 Å². The predicted octanol–water partition coefficient (Wildman–Crippen LogP) is 1.48. The Balaban J connectivity index is 1.80. The highest BCUT2D eigenvalue weighted by Gasteiger charge is 2.36. The van der Waals surface area contributed by atoms with Gasteiger partial charge in [-0.15, -0.1) is 0 Å². The van der Waals surface area contributed by atoms with Crippen LogP contribution in [0.2, 0.25) is 0 Å². The molecule has 0 aromatic heterocycles. The molecule has 1 atom stereocenters. The molecule has 1 unspecified atom stereocenters. The summed E-state index contributed by atoms with van der Waals surface area (Å²) in [6.07, 6.45) is 5.23. The van der Waals surface area contributed by atoms with Gasteiger partial charge in [-0.05, 0) is 44.9 Å². The molecule has 2 aliphatic rings. The molecular weight excluding hydrogens is 220 g/mol. The number of nitrogens with one attached hydrogen (secondary N) is 2. The van der Waals surface area contributed by atoms with Gasteiger partial charge in [0.25, 0.3) is 0 Å². The average Bonchev–Trinajstić information content (AvgIpc) is 2.96. The van der Waals surface area contributed by atoms with E-state index in [4.69, 9.17) is 5.11 Å². The average molecular weight is 240 g/mol.